The molecule has 0 spiro atoms. The van der Waals surface area contributed by atoms with Crippen LogP contribution in [0.25, 0.3) is 0 Å². The lowest BCUT2D eigenvalue weighted by atomic mass is 9.70. The Morgan fingerprint density at radius 1 is 0.452 bits per heavy atom. The molecule has 2 N–H and O–H groups in total. The highest BCUT2D eigenvalue weighted by atomic mass is 32.2. The first kappa shape index (κ1) is 49.8. The zero-order chi connectivity index (χ0) is 46.4. The second-order valence-electron chi connectivity index (χ2n) is 22.8. The highest BCUT2D eigenvalue weighted by Gasteiger charge is 2.38. The van der Waals surface area contributed by atoms with Gasteiger partial charge in [0.25, 0.3) is 0 Å². The number of hydrogen-bond donors (Lipinski definition) is 2. The first-order valence-electron chi connectivity index (χ1n) is 23.0. The Labute approximate surface area is 385 Å². The van der Waals surface area contributed by atoms with Gasteiger partial charge in [0.1, 0.15) is 23.0 Å². The van der Waals surface area contributed by atoms with E-state index < -0.39 is 10.8 Å². The van der Waals surface area contributed by atoms with E-state index in [9.17, 15) is 10.2 Å². The van der Waals surface area contributed by atoms with E-state index in [0.717, 1.165) is 79.0 Å². The molecule has 62 heavy (non-hydrogen) atoms. The van der Waals surface area contributed by atoms with E-state index in [1.807, 2.05) is 23.5 Å². The molecule has 0 aromatic heterocycles. The van der Waals surface area contributed by atoms with E-state index in [2.05, 4.69) is 173 Å². The number of aromatic hydroxyl groups is 2. The summed E-state index contributed by atoms with van der Waals surface area (Å²) < 4.78 is 14.1. The van der Waals surface area contributed by atoms with E-state index in [4.69, 9.17) is 9.47 Å². The van der Waals surface area contributed by atoms with Gasteiger partial charge in [-0.2, -0.15) is 23.5 Å². The summed E-state index contributed by atoms with van der Waals surface area (Å²) in [4.78, 5) is 0. The van der Waals surface area contributed by atoms with Gasteiger partial charge in [0, 0.05) is 57.4 Å². The topological polar surface area (TPSA) is 58.9 Å². The molecule has 6 heteroatoms. The summed E-state index contributed by atoms with van der Waals surface area (Å²) in [6.07, 6.45) is 0.957. The first-order valence-corrected chi connectivity index (χ1v) is 25.3. The van der Waals surface area contributed by atoms with Crippen LogP contribution in [0.5, 0.6) is 23.0 Å². The Balaban J connectivity index is 2.05. The largest absolute Gasteiger partial charge is 0.507 e. The van der Waals surface area contributed by atoms with E-state index in [0.29, 0.717) is 37.6 Å². The van der Waals surface area contributed by atoms with Crippen molar-refractivity contribution in [1.29, 1.82) is 0 Å². The maximum atomic E-state index is 12.9. The second-order valence-corrected chi connectivity index (χ2v) is 25.6. The van der Waals surface area contributed by atoms with Crippen molar-refractivity contribution in [3.05, 3.63) is 115 Å². The number of phenolic OH excluding ortho intramolecular Hbond substituents is 2. The molecule has 8 bridgehead atoms. The molecule has 0 amide bonds. The third-order valence-corrected chi connectivity index (χ3v) is 14.7. The van der Waals surface area contributed by atoms with Crippen LogP contribution in [0.3, 0.4) is 0 Å². The summed E-state index contributed by atoms with van der Waals surface area (Å²) in [5.74, 6) is 6.09. The Bertz CT molecular complexity index is 2080. The Kier molecular flexibility index (Phi) is 14.7. The zero-order valence-electron chi connectivity index (χ0n) is 41.8. The van der Waals surface area contributed by atoms with Gasteiger partial charge in [-0.1, -0.05) is 173 Å². The number of hydrogen-bond acceptors (Lipinski definition) is 6. The van der Waals surface area contributed by atoms with Crippen LogP contribution in [0.2, 0.25) is 0 Å². The molecule has 4 aromatic carbocycles. The van der Waals surface area contributed by atoms with Crippen LogP contribution in [-0.4, -0.2) is 46.4 Å². The Morgan fingerprint density at radius 2 is 0.726 bits per heavy atom. The molecular weight excluding hydrogens is 801 g/mol. The van der Waals surface area contributed by atoms with Crippen LogP contribution in [0.15, 0.2) is 48.5 Å². The quantitative estimate of drug-likeness (QED) is 0.155. The smallest absolute Gasteiger partial charge is 0.126 e. The molecular formula is C56H80O4S2. The highest BCUT2D eigenvalue weighted by Crippen LogP contribution is 2.51. The van der Waals surface area contributed by atoms with Gasteiger partial charge in [-0.15, -0.1) is 0 Å². The molecule has 0 saturated carbocycles. The van der Waals surface area contributed by atoms with Crippen molar-refractivity contribution in [3.8, 4) is 23.0 Å². The lowest BCUT2D eigenvalue weighted by molar-refractivity contribution is 0.329. The third-order valence-electron chi connectivity index (χ3n) is 13.0. The summed E-state index contributed by atoms with van der Waals surface area (Å²) in [5, 5.41) is 25.8. The number of fused-ring (bicyclic) bond motifs is 8. The van der Waals surface area contributed by atoms with Crippen molar-refractivity contribution in [2.24, 2.45) is 0 Å². The van der Waals surface area contributed by atoms with Gasteiger partial charge in [-0.05, 0) is 77.7 Å². The number of benzene rings is 4. The number of rotatable bonds is 10. The van der Waals surface area contributed by atoms with E-state index in [1.54, 1.807) is 0 Å². The number of ether oxygens (including phenoxy) is 2. The average molecular weight is 881 g/mol. The fraction of sp³-hybridized carbons (Fsp3) is 0.571. The van der Waals surface area contributed by atoms with Gasteiger partial charge >= 0.3 is 0 Å². The molecule has 0 heterocycles. The maximum Gasteiger partial charge on any atom is 0.126 e. The summed E-state index contributed by atoms with van der Waals surface area (Å²) in [6, 6.07) is 18.2. The van der Waals surface area contributed by atoms with Crippen molar-refractivity contribution < 1.29 is 19.7 Å². The molecule has 340 valence electrons. The molecule has 5 rings (SSSR count). The molecule has 0 aliphatic heterocycles. The minimum atomic E-state index is -0.683. The van der Waals surface area contributed by atoms with Crippen LogP contribution < -0.4 is 9.47 Å². The van der Waals surface area contributed by atoms with Gasteiger partial charge in [0.05, 0.1) is 13.2 Å². The summed E-state index contributed by atoms with van der Waals surface area (Å²) >= 11 is 3.75. The predicted octanol–water partition coefficient (Wildman–Crippen LogP) is 14.7. The molecule has 0 radical (unpaired) electrons. The second kappa shape index (κ2) is 18.3. The van der Waals surface area contributed by atoms with Crippen LogP contribution in [-0.2, 0) is 45.3 Å². The van der Waals surface area contributed by atoms with Crippen molar-refractivity contribution in [3.63, 3.8) is 0 Å². The van der Waals surface area contributed by atoms with E-state index in [-0.39, 0.29) is 21.7 Å². The number of phenols is 2. The first-order chi connectivity index (χ1) is 28.5. The number of thioether (sulfide) groups is 2. The average Bonchev–Trinajstić information content (AvgIpc) is 3.14. The summed E-state index contributed by atoms with van der Waals surface area (Å²) in [6.45, 7) is 41.6. The minimum Gasteiger partial charge on any atom is -0.507 e. The van der Waals surface area contributed by atoms with Crippen molar-refractivity contribution >= 4 is 23.5 Å². The van der Waals surface area contributed by atoms with Crippen molar-refractivity contribution in [1.82, 2.24) is 0 Å². The van der Waals surface area contributed by atoms with Crippen LogP contribution in [0, 0.1) is 0 Å². The van der Waals surface area contributed by atoms with Crippen LogP contribution in [0.4, 0.5) is 0 Å². The lowest BCUT2D eigenvalue weighted by Gasteiger charge is -2.36. The summed E-state index contributed by atoms with van der Waals surface area (Å²) in [5.41, 5.74) is 10.3. The van der Waals surface area contributed by atoms with Gasteiger partial charge in [-0.3, -0.25) is 0 Å². The van der Waals surface area contributed by atoms with Gasteiger partial charge < -0.3 is 19.7 Å². The molecule has 4 aromatic rings. The fourth-order valence-corrected chi connectivity index (χ4v) is 9.63. The highest BCUT2D eigenvalue weighted by molar-refractivity contribution is 7.99. The van der Waals surface area contributed by atoms with Gasteiger partial charge in [0.15, 0.2) is 0 Å². The van der Waals surface area contributed by atoms with Gasteiger partial charge in [-0.25, -0.2) is 0 Å². The van der Waals surface area contributed by atoms with E-state index in [1.165, 1.54) is 22.3 Å². The Morgan fingerprint density at radius 3 is 1.00 bits per heavy atom. The predicted molar refractivity (Wildman–Crippen MR) is 271 cm³/mol. The van der Waals surface area contributed by atoms with Crippen molar-refractivity contribution in [2.75, 3.05) is 36.2 Å². The maximum absolute atomic E-state index is 12.9. The normalized spacial score (nSPS) is 15.4. The molecule has 0 atom stereocenters. The zero-order valence-corrected chi connectivity index (χ0v) is 43.4. The van der Waals surface area contributed by atoms with Gasteiger partial charge in [0.2, 0.25) is 0 Å². The SMILES string of the molecule is CCSCCOc1c2cc(C(C)(C)C)cc1C(C)(C)c1cc(C(C)(C)C)cc(c1O)Cc1cc(C(C)(C)C)cc(c1OCCSCC)C(C)(C)c1cc(C(C)(C)C)cc(c1O)C2. The molecule has 4 nitrogen and oxygen atoms in total. The minimum absolute atomic E-state index is 0.181. The molecule has 1 aliphatic rings. The molecule has 0 saturated heterocycles. The van der Waals surface area contributed by atoms with Crippen LogP contribution >= 0.6 is 23.5 Å². The fourth-order valence-electron chi connectivity index (χ4n) is 8.65. The molecule has 0 unspecified atom stereocenters. The van der Waals surface area contributed by atoms with E-state index >= 15 is 0 Å². The summed E-state index contributed by atoms with van der Waals surface area (Å²) in [7, 11) is 0. The van der Waals surface area contributed by atoms with Crippen LogP contribution in [0.1, 0.15) is 191 Å². The lowest BCUT2D eigenvalue weighted by Crippen LogP contribution is -2.26. The third kappa shape index (κ3) is 10.7. The van der Waals surface area contributed by atoms with Crippen molar-refractivity contribution in [2.45, 2.75) is 170 Å². The monoisotopic (exact) mass is 881 g/mol. The molecule has 1 aliphatic carbocycles. The standard InChI is InChI=1S/C56H80O4S2/c1-19-61-23-21-59-49-37-25-35-27-39(51(3,4)5)32-44(47(35)57)56(17,18)46-34-42(54(12,13)14)30-38(50(46)60-22-24-62-20-2)26-36-28-40(52(6,7)8)31-43(48(36)58)55(15,16)45(49)33-41(29-37)53(9,10)11/h27-34,57-58H,19-26H2,1-18H3. The molecule has 0 fully saturated rings. The Hall–Kier alpha value is -3.22.